The number of hydrogen-bond donors (Lipinski definition) is 1. The van der Waals surface area contributed by atoms with E-state index in [1.54, 1.807) is 19.2 Å². The monoisotopic (exact) mass is 374 g/mol. The Morgan fingerprint density at radius 3 is 2.61 bits per heavy atom. The standard InChI is InChI=1S/C14H16Cl2N4O2S/c1-20-13(9-17-19-20)23(21,22)18-14(5-2-6-14)8-10-3-4-11(15)7-12(10)16/h3-4,7,9,18H,2,5-6,8H2,1H3. The molecule has 1 saturated carbocycles. The lowest BCUT2D eigenvalue weighted by atomic mass is 9.74. The van der Waals surface area contributed by atoms with Crippen LogP contribution in [-0.2, 0) is 23.5 Å². The lowest BCUT2D eigenvalue weighted by molar-refractivity contribution is 0.220. The second kappa shape index (κ2) is 6.05. The van der Waals surface area contributed by atoms with Crippen LogP contribution in [0.25, 0.3) is 0 Å². The smallest absolute Gasteiger partial charge is 0.236 e. The van der Waals surface area contributed by atoms with E-state index in [1.165, 1.54) is 10.9 Å². The van der Waals surface area contributed by atoms with Crippen molar-refractivity contribution in [3.05, 3.63) is 40.0 Å². The van der Waals surface area contributed by atoms with Crippen molar-refractivity contribution < 1.29 is 8.42 Å². The third-order valence-corrected chi connectivity index (χ3v) is 6.36. The van der Waals surface area contributed by atoms with Gasteiger partial charge >= 0.3 is 0 Å². The Morgan fingerprint density at radius 1 is 1.35 bits per heavy atom. The molecule has 1 heterocycles. The Balaban J connectivity index is 1.86. The maximum atomic E-state index is 12.6. The van der Waals surface area contributed by atoms with Gasteiger partial charge in [-0.1, -0.05) is 34.5 Å². The molecule has 0 radical (unpaired) electrons. The minimum absolute atomic E-state index is 0.0472. The molecular formula is C14H16Cl2N4O2S. The zero-order valence-electron chi connectivity index (χ0n) is 12.5. The minimum atomic E-state index is -3.69. The molecule has 124 valence electrons. The van der Waals surface area contributed by atoms with Crippen molar-refractivity contribution in [1.82, 2.24) is 19.7 Å². The van der Waals surface area contributed by atoms with Gasteiger partial charge in [0.2, 0.25) is 0 Å². The zero-order chi connectivity index (χ0) is 16.7. The van der Waals surface area contributed by atoms with Crippen LogP contribution < -0.4 is 4.72 Å². The molecule has 0 atom stereocenters. The first-order valence-corrected chi connectivity index (χ1v) is 9.38. The summed E-state index contributed by atoms with van der Waals surface area (Å²) in [5, 5.41) is 8.46. The normalized spacial score (nSPS) is 17.0. The third kappa shape index (κ3) is 3.38. The Kier molecular flexibility index (Phi) is 4.39. The molecule has 1 N–H and O–H groups in total. The highest BCUT2D eigenvalue weighted by Gasteiger charge is 2.42. The molecule has 0 spiro atoms. The molecule has 6 nitrogen and oxygen atoms in total. The van der Waals surface area contributed by atoms with Crippen LogP contribution in [0.5, 0.6) is 0 Å². The molecule has 1 aromatic carbocycles. The summed E-state index contributed by atoms with van der Waals surface area (Å²) < 4.78 is 29.2. The van der Waals surface area contributed by atoms with Gasteiger partial charge in [-0.3, -0.25) is 0 Å². The van der Waals surface area contributed by atoms with Crippen LogP contribution in [0.4, 0.5) is 0 Å². The van der Waals surface area contributed by atoms with Crippen LogP contribution in [0.2, 0.25) is 10.0 Å². The second-order valence-corrected chi connectivity index (χ2v) is 8.32. The topological polar surface area (TPSA) is 76.9 Å². The number of rotatable bonds is 5. The van der Waals surface area contributed by atoms with Crippen LogP contribution in [0.15, 0.2) is 29.4 Å². The number of benzene rings is 1. The van der Waals surface area contributed by atoms with Crippen molar-refractivity contribution in [3.8, 4) is 0 Å². The summed E-state index contributed by atoms with van der Waals surface area (Å²) in [6, 6.07) is 5.27. The van der Waals surface area contributed by atoms with Crippen LogP contribution >= 0.6 is 23.2 Å². The predicted molar refractivity (Wildman–Crippen MR) is 88.1 cm³/mol. The summed E-state index contributed by atoms with van der Waals surface area (Å²) in [5.74, 6) is 0. The van der Waals surface area contributed by atoms with Gasteiger partial charge in [-0.05, 0) is 43.4 Å². The molecule has 2 aromatic rings. The van der Waals surface area contributed by atoms with E-state index in [1.807, 2.05) is 6.07 Å². The van der Waals surface area contributed by atoms with E-state index in [0.29, 0.717) is 16.5 Å². The summed E-state index contributed by atoms with van der Waals surface area (Å²) in [5.41, 5.74) is 0.349. The first-order valence-electron chi connectivity index (χ1n) is 7.14. The van der Waals surface area contributed by atoms with Crippen molar-refractivity contribution in [1.29, 1.82) is 0 Å². The van der Waals surface area contributed by atoms with Gasteiger partial charge in [0, 0.05) is 22.6 Å². The molecule has 1 aliphatic carbocycles. The zero-order valence-corrected chi connectivity index (χ0v) is 14.8. The predicted octanol–water partition coefficient (Wildman–Crippen LogP) is 2.57. The molecule has 0 saturated heterocycles. The highest BCUT2D eigenvalue weighted by Crippen LogP contribution is 2.38. The Morgan fingerprint density at radius 2 is 2.09 bits per heavy atom. The van der Waals surface area contributed by atoms with Crippen molar-refractivity contribution in [2.75, 3.05) is 0 Å². The van der Waals surface area contributed by atoms with Gasteiger partial charge < -0.3 is 0 Å². The van der Waals surface area contributed by atoms with Crippen LogP contribution in [0, 0.1) is 0 Å². The van der Waals surface area contributed by atoms with Crippen LogP contribution in [0.1, 0.15) is 24.8 Å². The molecule has 0 unspecified atom stereocenters. The van der Waals surface area contributed by atoms with Gasteiger partial charge in [0.15, 0.2) is 5.03 Å². The van der Waals surface area contributed by atoms with E-state index >= 15 is 0 Å². The fourth-order valence-electron chi connectivity index (χ4n) is 2.81. The number of aryl methyl sites for hydroxylation is 1. The minimum Gasteiger partial charge on any atom is -0.236 e. The molecule has 1 aromatic heterocycles. The number of nitrogens with zero attached hydrogens (tertiary/aromatic N) is 3. The lowest BCUT2D eigenvalue weighted by Crippen LogP contribution is -2.55. The molecule has 1 aliphatic rings. The second-order valence-electron chi connectivity index (χ2n) is 5.85. The van der Waals surface area contributed by atoms with Gasteiger partial charge in [-0.2, -0.15) is 0 Å². The molecule has 0 aliphatic heterocycles. The van der Waals surface area contributed by atoms with Gasteiger partial charge in [0.25, 0.3) is 10.0 Å². The summed E-state index contributed by atoms with van der Waals surface area (Å²) in [6.45, 7) is 0. The van der Waals surface area contributed by atoms with Gasteiger partial charge in [-0.25, -0.2) is 17.8 Å². The lowest BCUT2D eigenvalue weighted by Gasteiger charge is -2.42. The van der Waals surface area contributed by atoms with Crippen molar-refractivity contribution in [2.24, 2.45) is 7.05 Å². The average Bonchev–Trinajstić information content (AvgIpc) is 2.86. The summed E-state index contributed by atoms with van der Waals surface area (Å²) in [7, 11) is -2.14. The molecule has 23 heavy (non-hydrogen) atoms. The average molecular weight is 375 g/mol. The van der Waals surface area contributed by atoms with Crippen molar-refractivity contribution >= 4 is 33.2 Å². The Bertz CT molecular complexity index is 831. The SMILES string of the molecule is Cn1nncc1S(=O)(=O)NC1(Cc2ccc(Cl)cc2Cl)CCC1. The molecular weight excluding hydrogens is 359 g/mol. The van der Waals surface area contributed by atoms with Crippen molar-refractivity contribution in [3.63, 3.8) is 0 Å². The van der Waals surface area contributed by atoms with E-state index in [-0.39, 0.29) is 5.03 Å². The van der Waals surface area contributed by atoms with Gasteiger partial charge in [-0.15, -0.1) is 5.10 Å². The maximum absolute atomic E-state index is 12.6. The summed E-state index contributed by atoms with van der Waals surface area (Å²) in [6.07, 6.45) is 4.25. The van der Waals surface area contributed by atoms with E-state index in [0.717, 1.165) is 24.8 Å². The number of hydrogen-bond acceptors (Lipinski definition) is 4. The van der Waals surface area contributed by atoms with Crippen molar-refractivity contribution in [2.45, 2.75) is 36.2 Å². The fourth-order valence-corrected chi connectivity index (χ4v) is 4.81. The third-order valence-electron chi connectivity index (χ3n) is 4.15. The molecule has 3 rings (SSSR count). The molecule has 0 bridgehead atoms. The first kappa shape index (κ1) is 16.7. The molecule has 1 fully saturated rings. The Labute approximate surface area is 144 Å². The number of aromatic nitrogens is 3. The molecule has 9 heteroatoms. The first-order chi connectivity index (χ1) is 10.8. The Hall–Kier alpha value is -1.15. The largest absolute Gasteiger partial charge is 0.259 e. The molecule has 0 amide bonds. The fraction of sp³-hybridized carbons (Fsp3) is 0.429. The van der Waals surface area contributed by atoms with Crippen LogP contribution in [-0.4, -0.2) is 29.0 Å². The van der Waals surface area contributed by atoms with Gasteiger partial charge in [0.05, 0.1) is 6.20 Å². The van der Waals surface area contributed by atoms with Gasteiger partial charge in [0.1, 0.15) is 0 Å². The quantitative estimate of drug-likeness (QED) is 0.872. The highest BCUT2D eigenvalue weighted by atomic mass is 35.5. The number of sulfonamides is 1. The maximum Gasteiger partial charge on any atom is 0.259 e. The summed E-state index contributed by atoms with van der Waals surface area (Å²) >= 11 is 12.1. The van der Waals surface area contributed by atoms with E-state index in [4.69, 9.17) is 23.2 Å². The number of nitrogens with one attached hydrogen (secondary N) is 1. The van der Waals surface area contributed by atoms with E-state index in [9.17, 15) is 8.42 Å². The van der Waals surface area contributed by atoms with Crippen LogP contribution in [0.3, 0.4) is 0 Å². The number of halogens is 2. The van der Waals surface area contributed by atoms with E-state index in [2.05, 4.69) is 15.0 Å². The van der Waals surface area contributed by atoms with E-state index < -0.39 is 15.6 Å². The summed E-state index contributed by atoms with van der Waals surface area (Å²) in [4.78, 5) is 0. The highest BCUT2D eigenvalue weighted by molar-refractivity contribution is 7.89.